The lowest BCUT2D eigenvalue weighted by molar-refractivity contribution is 0.0393. The molecular formula is C15H19NO4S. The second-order valence-electron chi connectivity index (χ2n) is 4.84. The Morgan fingerprint density at radius 1 is 1.38 bits per heavy atom. The predicted octanol–water partition coefficient (Wildman–Crippen LogP) is 0.830. The molecule has 0 aliphatic carbocycles. The van der Waals surface area contributed by atoms with Gasteiger partial charge in [-0.1, -0.05) is 11.8 Å². The SMILES string of the molecule is CC1COCCN1S(=O)(=O)c1ccc(C#CCCO)cc1. The third kappa shape index (κ3) is 3.83. The van der Waals surface area contributed by atoms with Crippen molar-refractivity contribution in [2.45, 2.75) is 24.3 Å². The van der Waals surface area contributed by atoms with Gasteiger partial charge in [0.15, 0.2) is 0 Å². The Morgan fingerprint density at radius 3 is 2.71 bits per heavy atom. The highest BCUT2D eigenvalue weighted by molar-refractivity contribution is 7.89. The molecule has 2 rings (SSSR count). The minimum atomic E-state index is -3.49. The van der Waals surface area contributed by atoms with Crippen molar-refractivity contribution in [2.24, 2.45) is 0 Å². The van der Waals surface area contributed by atoms with Gasteiger partial charge in [0.05, 0.1) is 24.7 Å². The quantitative estimate of drug-likeness (QED) is 0.840. The van der Waals surface area contributed by atoms with Gasteiger partial charge in [-0.05, 0) is 31.2 Å². The van der Waals surface area contributed by atoms with Crippen LogP contribution in [0, 0.1) is 11.8 Å². The summed E-state index contributed by atoms with van der Waals surface area (Å²) in [6, 6.07) is 6.35. The summed E-state index contributed by atoms with van der Waals surface area (Å²) in [6.07, 6.45) is 0.408. The molecule has 0 bridgehead atoms. The molecule has 1 aliphatic heterocycles. The first-order valence-electron chi connectivity index (χ1n) is 6.85. The van der Waals surface area contributed by atoms with Crippen molar-refractivity contribution < 1.29 is 18.3 Å². The van der Waals surface area contributed by atoms with Crippen LogP contribution in [0.3, 0.4) is 0 Å². The lowest BCUT2D eigenvalue weighted by Crippen LogP contribution is -2.46. The largest absolute Gasteiger partial charge is 0.395 e. The van der Waals surface area contributed by atoms with Gasteiger partial charge in [0.2, 0.25) is 10.0 Å². The molecule has 1 aromatic carbocycles. The summed E-state index contributed by atoms with van der Waals surface area (Å²) in [7, 11) is -3.49. The van der Waals surface area contributed by atoms with Crippen LogP contribution in [-0.2, 0) is 14.8 Å². The Hall–Kier alpha value is -1.39. The average molecular weight is 309 g/mol. The molecule has 0 saturated carbocycles. The lowest BCUT2D eigenvalue weighted by atomic mass is 10.2. The van der Waals surface area contributed by atoms with Crippen LogP contribution in [0.25, 0.3) is 0 Å². The number of aliphatic hydroxyl groups is 1. The minimum absolute atomic E-state index is 0.0222. The van der Waals surface area contributed by atoms with Gasteiger partial charge < -0.3 is 9.84 Å². The van der Waals surface area contributed by atoms with E-state index in [0.29, 0.717) is 26.2 Å². The van der Waals surface area contributed by atoms with Gasteiger partial charge >= 0.3 is 0 Å². The number of rotatable bonds is 3. The Balaban J connectivity index is 2.19. The number of benzene rings is 1. The van der Waals surface area contributed by atoms with Gasteiger partial charge in [-0.2, -0.15) is 4.31 Å². The maximum Gasteiger partial charge on any atom is 0.243 e. The predicted molar refractivity (Wildman–Crippen MR) is 79.2 cm³/mol. The number of nitrogens with zero attached hydrogens (tertiary/aromatic N) is 1. The van der Waals surface area contributed by atoms with Crippen LogP contribution in [0.1, 0.15) is 18.9 Å². The fourth-order valence-corrected chi connectivity index (χ4v) is 3.74. The summed E-state index contributed by atoms with van der Waals surface area (Å²) >= 11 is 0. The number of morpholine rings is 1. The van der Waals surface area contributed by atoms with Crippen molar-refractivity contribution >= 4 is 10.0 Å². The lowest BCUT2D eigenvalue weighted by Gasteiger charge is -2.32. The van der Waals surface area contributed by atoms with Crippen molar-refractivity contribution in [2.75, 3.05) is 26.4 Å². The smallest absolute Gasteiger partial charge is 0.243 e. The molecule has 0 amide bonds. The van der Waals surface area contributed by atoms with Gasteiger partial charge in [-0.15, -0.1) is 0 Å². The Labute approximate surface area is 125 Å². The summed E-state index contributed by atoms with van der Waals surface area (Å²) in [5, 5.41) is 8.67. The van der Waals surface area contributed by atoms with Crippen molar-refractivity contribution in [1.82, 2.24) is 4.31 Å². The van der Waals surface area contributed by atoms with Crippen LogP contribution in [-0.4, -0.2) is 50.2 Å². The minimum Gasteiger partial charge on any atom is -0.395 e. The molecule has 114 valence electrons. The highest BCUT2D eigenvalue weighted by Gasteiger charge is 2.31. The molecule has 1 aromatic rings. The van der Waals surface area contributed by atoms with E-state index in [1.54, 1.807) is 24.3 Å². The van der Waals surface area contributed by atoms with Crippen LogP contribution < -0.4 is 0 Å². The van der Waals surface area contributed by atoms with Gasteiger partial charge in [0, 0.05) is 24.6 Å². The molecule has 0 aromatic heterocycles. The Bertz CT molecular complexity index is 628. The van der Waals surface area contributed by atoms with Crippen molar-refractivity contribution in [3.8, 4) is 11.8 Å². The average Bonchev–Trinajstić information content (AvgIpc) is 2.48. The zero-order valence-electron chi connectivity index (χ0n) is 11.9. The molecule has 1 unspecified atom stereocenters. The molecular weight excluding hydrogens is 290 g/mol. The fourth-order valence-electron chi connectivity index (χ4n) is 2.14. The number of hydrogen-bond donors (Lipinski definition) is 1. The first-order chi connectivity index (χ1) is 10.1. The molecule has 1 atom stereocenters. The van der Waals surface area contributed by atoms with E-state index in [0.717, 1.165) is 5.56 Å². The van der Waals surface area contributed by atoms with E-state index in [1.807, 2.05) is 6.92 Å². The normalized spacial score (nSPS) is 19.8. The number of aliphatic hydroxyl groups excluding tert-OH is 1. The summed E-state index contributed by atoms with van der Waals surface area (Å²) in [6.45, 7) is 3.08. The maximum atomic E-state index is 12.6. The van der Waals surface area contributed by atoms with Gasteiger partial charge in [-0.25, -0.2) is 8.42 Å². The highest BCUT2D eigenvalue weighted by Crippen LogP contribution is 2.20. The molecule has 1 heterocycles. The molecule has 5 nitrogen and oxygen atoms in total. The molecule has 1 saturated heterocycles. The standard InChI is InChI=1S/C15H19NO4S/c1-13-12-20-11-9-16(13)21(18,19)15-7-5-14(6-8-15)4-2-3-10-17/h5-8,13,17H,3,9-12H2,1H3. The first-order valence-corrected chi connectivity index (χ1v) is 8.29. The van der Waals surface area contributed by atoms with Crippen LogP contribution in [0.2, 0.25) is 0 Å². The number of sulfonamides is 1. The van der Waals surface area contributed by atoms with Crippen LogP contribution in [0.5, 0.6) is 0 Å². The first kappa shape index (κ1) is 16.0. The molecule has 0 spiro atoms. The zero-order valence-corrected chi connectivity index (χ0v) is 12.8. The van der Waals surface area contributed by atoms with E-state index in [9.17, 15) is 8.42 Å². The third-order valence-electron chi connectivity index (χ3n) is 3.24. The molecule has 1 fully saturated rings. The van der Waals surface area contributed by atoms with E-state index in [4.69, 9.17) is 9.84 Å². The van der Waals surface area contributed by atoms with E-state index in [2.05, 4.69) is 11.8 Å². The maximum absolute atomic E-state index is 12.6. The van der Waals surface area contributed by atoms with Gasteiger partial charge in [0.25, 0.3) is 0 Å². The molecule has 6 heteroatoms. The van der Waals surface area contributed by atoms with Crippen LogP contribution in [0.4, 0.5) is 0 Å². The van der Waals surface area contributed by atoms with Crippen LogP contribution in [0.15, 0.2) is 29.2 Å². The molecule has 1 aliphatic rings. The Kier molecular flexibility index (Phi) is 5.37. The van der Waals surface area contributed by atoms with Crippen molar-refractivity contribution in [1.29, 1.82) is 0 Å². The van der Waals surface area contributed by atoms with E-state index >= 15 is 0 Å². The Morgan fingerprint density at radius 2 is 2.10 bits per heavy atom. The summed E-state index contributed by atoms with van der Waals surface area (Å²) in [5.41, 5.74) is 0.734. The monoisotopic (exact) mass is 309 g/mol. The number of hydrogen-bond acceptors (Lipinski definition) is 4. The van der Waals surface area contributed by atoms with E-state index in [1.165, 1.54) is 4.31 Å². The van der Waals surface area contributed by atoms with Gasteiger partial charge in [0.1, 0.15) is 0 Å². The molecule has 0 radical (unpaired) electrons. The number of ether oxygens (including phenoxy) is 1. The van der Waals surface area contributed by atoms with Crippen molar-refractivity contribution in [3.05, 3.63) is 29.8 Å². The molecule has 1 N–H and O–H groups in total. The second-order valence-corrected chi connectivity index (χ2v) is 6.73. The zero-order chi connectivity index (χ0) is 15.3. The highest BCUT2D eigenvalue weighted by atomic mass is 32.2. The summed E-state index contributed by atoms with van der Waals surface area (Å²) < 4.78 is 31.9. The second kappa shape index (κ2) is 7.05. The van der Waals surface area contributed by atoms with Gasteiger partial charge in [-0.3, -0.25) is 0 Å². The summed E-state index contributed by atoms with van der Waals surface area (Å²) in [4.78, 5) is 0.268. The summed E-state index contributed by atoms with van der Waals surface area (Å²) in [5.74, 6) is 5.68. The van der Waals surface area contributed by atoms with Crippen molar-refractivity contribution in [3.63, 3.8) is 0 Å². The molecule has 21 heavy (non-hydrogen) atoms. The van der Waals surface area contributed by atoms with E-state index in [-0.39, 0.29) is 17.5 Å². The fraction of sp³-hybridized carbons (Fsp3) is 0.467. The third-order valence-corrected chi connectivity index (χ3v) is 5.26. The van der Waals surface area contributed by atoms with E-state index < -0.39 is 10.0 Å². The topological polar surface area (TPSA) is 66.8 Å². The van der Waals surface area contributed by atoms with Crippen LogP contribution >= 0.6 is 0 Å².